The third kappa shape index (κ3) is 5.59. The maximum atomic E-state index is 13.0. The first-order valence-corrected chi connectivity index (χ1v) is 8.01. The Labute approximate surface area is 154 Å². The number of ether oxygens (including phenoxy) is 1. The number of halogens is 3. The summed E-state index contributed by atoms with van der Waals surface area (Å²) in [5, 5.41) is 3.00. The molecule has 25 heavy (non-hydrogen) atoms. The normalized spacial score (nSPS) is 12.0. The molecule has 0 spiro atoms. The molecule has 1 amide bonds. The van der Waals surface area contributed by atoms with Crippen LogP contribution in [0.5, 0.6) is 0 Å². The van der Waals surface area contributed by atoms with Crippen molar-refractivity contribution < 1.29 is 18.7 Å². The molecule has 0 heterocycles. The highest BCUT2D eigenvalue weighted by atomic mass is 35.5. The van der Waals surface area contributed by atoms with Gasteiger partial charge in [-0.05, 0) is 42.8 Å². The number of hydrogen-bond acceptors (Lipinski definition) is 3. The van der Waals surface area contributed by atoms with E-state index in [1.54, 1.807) is 24.3 Å². The summed E-state index contributed by atoms with van der Waals surface area (Å²) in [7, 11) is 0. The number of hydrogen-bond donors (Lipinski definition) is 1. The fourth-order valence-electron chi connectivity index (χ4n) is 1.86. The van der Waals surface area contributed by atoms with Crippen molar-refractivity contribution in [2.24, 2.45) is 0 Å². The van der Waals surface area contributed by atoms with Crippen molar-refractivity contribution in [2.45, 2.75) is 13.0 Å². The number of anilines is 1. The Morgan fingerprint density at radius 2 is 1.88 bits per heavy atom. The first-order valence-electron chi connectivity index (χ1n) is 7.26. The average molecular weight is 382 g/mol. The number of nitrogens with one attached hydrogen (secondary N) is 1. The molecular weight excluding hydrogens is 368 g/mol. The van der Waals surface area contributed by atoms with Crippen LogP contribution in [0.4, 0.5) is 10.1 Å². The molecule has 0 aliphatic heterocycles. The lowest BCUT2D eigenvalue weighted by Gasteiger charge is -2.13. The minimum absolute atomic E-state index is 0.0468. The zero-order valence-corrected chi connectivity index (χ0v) is 14.6. The van der Waals surface area contributed by atoms with Gasteiger partial charge in [0.05, 0.1) is 10.7 Å². The minimum Gasteiger partial charge on any atom is -0.449 e. The summed E-state index contributed by atoms with van der Waals surface area (Å²) >= 11 is 11.8. The van der Waals surface area contributed by atoms with E-state index in [1.165, 1.54) is 25.1 Å². The lowest BCUT2D eigenvalue weighted by atomic mass is 10.2. The third-order valence-electron chi connectivity index (χ3n) is 3.16. The van der Waals surface area contributed by atoms with Crippen LogP contribution in [0.2, 0.25) is 10.0 Å². The van der Waals surface area contributed by atoms with Gasteiger partial charge in [-0.3, -0.25) is 4.79 Å². The number of carbonyl (C=O) groups excluding carboxylic acids is 2. The van der Waals surface area contributed by atoms with Crippen molar-refractivity contribution in [3.63, 3.8) is 0 Å². The van der Waals surface area contributed by atoms with E-state index in [-0.39, 0.29) is 10.7 Å². The molecule has 0 radical (unpaired) electrons. The van der Waals surface area contributed by atoms with E-state index in [1.807, 2.05) is 0 Å². The predicted octanol–water partition coefficient (Wildman–Crippen LogP) is 4.72. The van der Waals surface area contributed by atoms with E-state index in [0.717, 1.165) is 12.1 Å². The van der Waals surface area contributed by atoms with Crippen molar-refractivity contribution in [3.8, 4) is 0 Å². The molecule has 0 aromatic heterocycles. The molecule has 0 saturated carbocycles. The molecule has 0 saturated heterocycles. The lowest BCUT2D eigenvalue weighted by molar-refractivity contribution is -0.148. The molecule has 4 nitrogen and oxygen atoms in total. The topological polar surface area (TPSA) is 55.4 Å². The molecular formula is C18H14Cl2FNO3. The minimum atomic E-state index is -1.07. The Kier molecular flexibility index (Phi) is 6.56. The smallest absolute Gasteiger partial charge is 0.331 e. The quantitative estimate of drug-likeness (QED) is 0.602. The van der Waals surface area contributed by atoms with Gasteiger partial charge in [-0.15, -0.1) is 0 Å². The first kappa shape index (κ1) is 19.0. The number of amides is 1. The molecule has 2 rings (SSSR count). The molecule has 1 N–H and O–H groups in total. The molecule has 1 atom stereocenters. The Bertz CT molecular complexity index is 824. The summed E-state index contributed by atoms with van der Waals surface area (Å²) in [5.41, 5.74) is 0.874. The van der Waals surface area contributed by atoms with Crippen LogP contribution in [0.3, 0.4) is 0 Å². The van der Waals surface area contributed by atoms with Crippen LogP contribution < -0.4 is 5.32 Å². The number of carbonyl (C=O) groups is 2. The van der Waals surface area contributed by atoms with Crippen molar-refractivity contribution in [2.75, 3.05) is 5.32 Å². The summed E-state index contributed by atoms with van der Waals surface area (Å²) in [6.07, 6.45) is 1.60. The monoisotopic (exact) mass is 381 g/mol. The van der Waals surface area contributed by atoms with Crippen LogP contribution in [-0.4, -0.2) is 18.0 Å². The van der Waals surface area contributed by atoms with E-state index < -0.39 is 23.8 Å². The second-order valence-electron chi connectivity index (χ2n) is 5.05. The molecule has 130 valence electrons. The maximum absolute atomic E-state index is 13.0. The van der Waals surface area contributed by atoms with E-state index >= 15 is 0 Å². The molecule has 2 aromatic rings. The van der Waals surface area contributed by atoms with E-state index in [9.17, 15) is 14.0 Å². The molecule has 0 aliphatic carbocycles. The van der Waals surface area contributed by atoms with Crippen molar-refractivity contribution in [3.05, 3.63) is 70.0 Å². The summed E-state index contributed by atoms with van der Waals surface area (Å²) in [6, 6.07) is 10.5. The number of rotatable bonds is 5. The Balaban J connectivity index is 1.94. The van der Waals surface area contributed by atoms with Crippen LogP contribution in [0.15, 0.2) is 48.5 Å². The molecule has 0 aliphatic rings. The van der Waals surface area contributed by atoms with E-state index in [0.29, 0.717) is 10.6 Å². The van der Waals surface area contributed by atoms with Crippen molar-refractivity contribution in [1.82, 2.24) is 0 Å². The standard InChI is InChI=1S/C18H14Cl2FNO3/c1-11(18(24)22-16-8-7-13(21)10-15(16)20)25-17(23)9-6-12-4-2-3-5-14(12)19/h2-11H,1H3,(H,22,24)/b9-6+/t11-/m0/s1. The van der Waals surface area contributed by atoms with Gasteiger partial charge >= 0.3 is 5.97 Å². The SMILES string of the molecule is C[C@H](OC(=O)/C=C/c1ccccc1Cl)C(=O)Nc1ccc(F)cc1Cl. The number of benzene rings is 2. The van der Waals surface area contributed by atoms with Gasteiger partial charge in [0.25, 0.3) is 5.91 Å². The molecule has 0 fully saturated rings. The lowest BCUT2D eigenvalue weighted by Crippen LogP contribution is -2.29. The second-order valence-corrected chi connectivity index (χ2v) is 5.86. The van der Waals surface area contributed by atoms with Crippen LogP contribution >= 0.6 is 23.2 Å². The predicted molar refractivity (Wildman–Crippen MR) is 96.1 cm³/mol. The van der Waals surface area contributed by atoms with Gasteiger partial charge in [-0.25, -0.2) is 9.18 Å². The van der Waals surface area contributed by atoms with E-state index in [4.69, 9.17) is 27.9 Å². The highest BCUT2D eigenvalue weighted by molar-refractivity contribution is 6.33. The van der Waals surface area contributed by atoms with Gasteiger partial charge in [-0.1, -0.05) is 41.4 Å². The third-order valence-corrected chi connectivity index (χ3v) is 3.81. The Morgan fingerprint density at radius 3 is 2.56 bits per heavy atom. The zero-order valence-electron chi connectivity index (χ0n) is 13.1. The van der Waals surface area contributed by atoms with Gasteiger partial charge in [0.1, 0.15) is 5.82 Å². The van der Waals surface area contributed by atoms with Crippen LogP contribution in [0.25, 0.3) is 6.08 Å². The van der Waals surface area contributed by atoms with Gasteiger partial charge in [0, 0.05) is 11.1 Å². The van der Waals surface area contributed by atoms with Crippen molar-refractivity contribution in [1.29, 1.82) is 0 Å². The van der Waals surface area contributed by atoms with Gasteiger partial charge in [0.2, 0.25) is 0 Å². The van der Waals surface area contributed by atoms with Crippen molar-refractivity contribution >= 4 is 46.8 Å². The van der Waals surface area contributed by atoms with E-state index in [2.05, 4.69) is 5.32 Å². The molecule has 0 bridgehead atoms. The highest BCUT2D eigenvalue weighted by Crippen LogP contribution is 2.22. The molecule has 2 aromatic carbocycles. The largest absolute Gasteiger partial charge is 0.449 e. The fraction of sp³-hybridized carbons (Fsp3) is 0.111. The molecule has 0 unspecified atom stereocenters. The summed E-state index contributed by atoms with van der Waals surface area (Å²) in [5.74, 6) is -1.81. The summed E-state index contributed by atoms with van der Waals surface area (Å²) in [6.45, 7) is 1.41. The van der Waals surface area contributed by atoms with Crippen LogP contribution in [0, 0.1) is 5.82 Å². The van der Waals surface area contributed by atoms with Gasteiger partial charge in [-0.2, -0.15) is 0 Å². The first-order chi connectivity index (χ1) is 11.9. The van der Waals surface area contributed by atoms with Crippen LogP contribution in [-0.2, 0) is 14.3 Å². The van der Waals surface area contributed by atoms with Gasteiger partial charge in [0.15, 0.2) is 6.10 Å². The Morgan fingerprint density at radius 1 is 1.16 bits per heavy atom. The summed E-state index contributed by atoms with van der Waals surface area (Å²) < 4.78 is 18.0. The average Bonchev–Trinajstić information content (AvgIpc) is 2.56. The Hall–Kier alpha value is -2.37. The molecule has 7 heteroatoms. The van der Waals surface area contributed by atoms with Gasteiger partial charge < -0.3 is 10.1 Å². The zero-order chi connectivity index (χ0) is 18.4. The number of esters is 1. The summed E-state index contributed by atoms with van der Waals surface area (Å²) in [4.78, 5) is 23.8. The second kappa shape index (κ2) is 8.65. The highest BCUT2D eigenvalue weighted by Gasteiger charge is 2.18. The van der Waals surface area contributed by atoms with Crippen LogP contribution in [0.1, 0.15) is 12.5 Å². The fourth-order valence-corrected chi connectivity index (χ4v) is 2.27. The maximum Gasteiger partial charge on any atom is 0.331 e.